The number of aryl methyl sites for hydroxylation is 2. The number of carbonyl (C=O) groups excluding carboxylic acids is 1. The third kappa shape index (κ3) is 4.96. The summed E-state index contributed by atoms with van der Waals surface area (Å²) in [4.78, 5) is 12.4. The van der Waals surface area contributed by atoms with Crippen molar-refractivity contribution in [3.05, 3.63) is 60.0 Å². The second-order valence-corrected chi connectivity index (χ2v) is 8.59. The lowest BCUT2D eigenvalue weighted by atomic mass is 10.1. The highest BCUT2D eigenvalue weighted by atomic mass is 32.2. The number of nitrogens with one attached hydrogen (secondary N) is 1. The summed E-state index contributed by atoms with van der Waals surface area (Å²) in [6, 6.07) is 12.3. The van der Waals surface area contributed by atoms with Crippen LogP contribution < -0.4 is 10.1 Å². The van der Waals surface area contributed by atoms with Crippen molar-refractivity contribution in [2.45, 2.75) is 25.5 Å². The molecule has 1 amide bonds. The third-order valence-electron chi connectivity index (χ3n) is 5.23. The van der Waals surface area contributed by atoms with Gasteiger partial charge in [-0.15, -0.1) is 10.2 Å². The Bertz CT molecular complexity index is 1330. The largest absolute Gasteiger partial charge is 0.497 e. The number of rotatable bonds is 8. The van der Waals surface area contributed by atoms with E-state index < -0.39 is 0 Å². The van der Waals surface area contributed by atoms with Gasteiger partial charge in [0.2, 0.25) is 5.91 Å². The van der Waals surface area contributed by atoms with Crippen LogP contribution in [-0.4, -0.2) is 43.3 Å². The zero-order valence-electron chi connectivity index (χ0n) is 19.4. The number of carbonyl (C=O) groups is 1. The summed E-state index contributed by atoms with van der Waals surface area (Å²) >= 11 is 1.27. The van der Waals surface area contributed by atoms with Crippen molar-refractivity contribution in [1.82, 2.24) is 24.5 Å². The molecule has 4 aromatic rings. The molecule has 0 atom stereocenters. The number of hydrogen-bond acceptors (Lipinski definition) is 6. The van der Waals surface area contributed by atoms with Gasteiger partial charge in [-0.2, -0.15) is 5.10 Å². The van der Waals surface area contributed by atoms with E-state index in [0.717, 1.165) is 22.6 Å². The Morgan fingerprint density at radius 1 is 1.21 bits per heavy atom. The number of amides is 1. The molecule has 0 radical (unpaired) electrons. The zero-order chi connectivity index (χ0) is 24.2. The monoisotopic (exact) mass is 480 g/mol. The number of aromatic nitrogens is 5. The molecule has 0 unspecified atom stereocenters. The maximum absolute atomic E-state index is 13.8. The van der Waals surface area contributed by atoms with E-state index in [9.17, 15) is 9.18 Å². The molecule has 0 aliphatic carbocycles. The van der Waals surface area contributed by atoms with Crippen molar-refractivity contribution in [2.24, 2.45) is 7.05 Å². The fourth-order valence-corrected chi connectivity index (χ4v) is 4.32. The van der Waals surface area contributed by atoms with E-state index in [2.05, 4.69) is 20.6 Å². The van der Waals surface area contributed by atoms with Crippen LogP contribution in [0.25, 0.3) is 22.6 Å². The first-order valence-electron chi connectivity index (χ1n) is 10.7. The highest BCUT2D eigenvalue weighted by Crippen LogP contribution is 2.33. The molecule has 0 fully saturated rings. The summed E-state index contributed by atoms with van der Waals surface area (Å²) in [6.45, 7) is 4.28. The number of benzene rings is 2. The predicted octanol–water partition coefficient (Wildman–Crippen LogP) is 4.55. The van der Waals surface area contributed by atoms with E-state index in [1.165, 1.54) is 17.8 Å². The summed E-state index contributed by atoms with van der Waals surface area (Å²) in [6.07, 6.45) is 1.90. The number of halogens is 1. The van der Waals surface area contributed by atoms with Gasteiger partial charge in [-0.25, -0.2) is 4.39 Å². The van der Waals surface area contributed by atoms with Crippen molar-refractivity contribution in [2.75, 3.05) is 18.2 Å². The summed E-state index contributed by atoms with van der Waals surface area (Å²) in [5, 5.41) is 16.7. The minimum absolute atomic E-state index is 0.114. The Balaban J connectivity index is 1.55. The quantitative estimate of drug-likeness (QED) is 0.372. The topological polar surface area (TPSA) is 86.9 Å². The fraction of sp³-hybridized carbons (Fsp3) is 0.250. The Morgan fingerprint density at radius 3 is 2.76 bits per heavy atom. The van der Waals surface area contributed by atoms with E-state index in [1.807, 2.05) is 49.0 Å². The fourth-order valence-electron chi connectivity index (χ4n) is 3.51. The van der Waals surface area contributed by atoms with Crippen LogP contribution in [-0.2, 0) is 18.4 Å². The predicted molar refractivity (Wildman–Crippen MR) is 130 cm³/mol. The summed E-state index contributed by atoms with van der Waals surface area (Å²) < 4.78 is 22.8. The van der Waals surface area contributed by atoms with Gasteiger partial charge in [0.25, 0.3) is 0 Å². The van der Waals surface area contributed by atoms with Crippen molar-refractivity contribution in [3.8, 4) is 28.4 Å². The molecule has 0 aliphatic heterocycles. The van der Waals surface area contributed by atoms with Crippen molar-refractivity contribution < 1.29 is 13.9 Å². The van der Waals surface area contributed by atoms with Crippen LogP contribution in [0, 0.1) is 12.7 Å². The van der Waals surface area contributed by atoms with Gasteiger partial charge in [0.1, 0.15) is 17.3 Å². The number of thioether (sulfide) groups is 1. The van der Waals surface area contributed by atoms with Crippen molar-refractivity contribution in [1.29, 1.82) is 0 Å². The highest BCUT2D eigenvalue weighted by molar-refractivity contribution is 7.99. The first-order valence-corrected chi connectivity index (χ1v) is 11.7. The molecule has 0 saturated heterocycles. The molecule has 8 nitrogen and oxygen atoms in total. The zero-order valence-corrected chi connectivity index (χ0v) is 20.2. The molecular weight excluding hydrogens is 455 g/mol. The van der Waals surface area contributed by atoms with Gasteiger partial charge in [-0.1, -0.05) is 30.0 Å². The van der Waals surface area contributed by atoms with Gasteiger partial charge in [-0.3, -0.25) is 9.48 Å². The number of anilines is 1. The molecule has 34 heavy (non-hydrogen) atoms. The number of methoxy groups -OCH3 is 1. The van der Waals surface area contributed by atoms with Gasteiger partial charge < -0.3 is 14.6 Å². The normalized spacial score (nSPS) is 11.0. The van der Waals surface area contributed by atoms with Crippen molar-refractivity contribution >= 4 is 23.4 Å². The van der Waals surface area contributed by atoms with Crippen LogP contribution in [0.5, 0.6) is 5.75 Å². The average Bonchev–Trinajstić information content (AvgIpc) is 3.42. The molecule has 1 N–H and O–H groups in total. The number of hydrogen-bond donors (Lipinski definition) is 1. The molecule has 0 spiro atoms. The minimum Gasteiger partial charge on any atom is -0.497 e. The molecule has 0 aliphatic rings. The molecule has 0 bridgehead atoms. The van der Waals surface area contributed by atoms with Gasteiger partial charge in [0.15, 0.2) is 11.0 Å². The van der Waals surface area contributed by atoms with Crippen LogP contribution in [0.4, 0.5) is 10.1 Å². The van der Waals surface area contributed by atoms with Gasteiger partial charge in [0.05, 0.1) is 18.4 Å². The molecule has 2 aromatic carbocycles. The lowest BCUT2D eigenvalue weighted by molar-refractivity contribution is -0.113. The molecule has 2 aromatic heterocycles. The molecule has 4 rings (SSSR count). The first-order chi connectivity index (χ1) is 16.4. The molecule has 0 saturated carbocycles. The summed E-state index contributed by atoms with van der Waals surface area (Å²) in [7, 11) is 3.48. The lowest BCUT2D eigenvalue weighted by Gasteiger charge is -2.09. The number of ether oxygens (including phenoxy) is 1. The Labute approximate surface area is 201 Å². The van der Waals surface area contributed by atoms with Crippen molar-refractivity contribution in [3.63, 3.8) is 0 Å². The Morgan fingerprint density at radius 2 is 2.03 bits per heavy atom. The molecule has 10 heteroatoms. The van der Waals surface area contributed by atoms with E-state index in [0.29, 0.717) is 28.8 Å². The van der Waals surface area contributed by atoms with Crippen LogP contribution >= 0.6 is 11.8 Å². The molecular formula is C24H25FN6O2S. The summed E-state index contributed by atoms with van der Waals surface area (Å²) in [5.74, 6) is 0.908. The van der Waals surface area contributed by atoms with Crippen LogP contribution in [0.2, 0.25) is 0 Å². The van der Waals surface area contributed by atoms with Gasteiger partial charge in [0, 0.05) is 31.0 Å². The second kappa shape index (κ2) is 10.1. The summed E-state index contributed by atoms with van der Waals surface area (Å²) in [5.41, 5.74) is 3.44. The lowest BCUT2D eigenvalue weighted by Crippen LogP contribution is -2.15. The SMILES string of the molecule is CCn1c(SCC(=O)Nc2ccc(C)c(F)c2)nnc1-c1cn(C)nc1-c1cccc(OC)c1. The minimum atomic E-state index is -0.357. The Hall–Kier alpha value is -3.66. The second-order valence-electron chi connectivity index (χ2n) is 7.65. The standard InChI is InChI=1S/C24H25FN6O2S/c1-5-31-23(19-13-30(3)29-22(19)16-7-6-8-18(11-16)33-4)27-28-24(31)34-14-21(32)26-17-10-9-15(2)20(25)12-17/h6-13H,5,14H2,1-4H3,(H,26,32). The van der Waals surface area contributed by atoms with Crippen LogP contribution in [0.3, 0.4) is 0 Å². The van der Waals surface area contributed by atoms with Gasteiger partial charge >= 0.3 is 0 Å². The average molecular weight is 481 g/mol. The third-order valence-corrected chi connectivity index (χ3v) is 6.20. The first kappa shape index (κ1) is 23.5. The van der Waals surface area contributed by atoms with Crippen LogP contribution in [0.15, 0.2) is 53.8 Å². The van der Waals surface area contributed by atoms with Gasteiger partial charge in [-0.05, 0) is 43.7 Å². The van der Waals surface area contributed by atoms with Crippen LogP contribution in [0.1, 0.15) is 12.5 Å². The molecule has 176 valence electrons. The number of nitrogens with zero attached hydrogens (tertiary/aromatic N) is 5. The highest BCUT2D eigenvalue weighted by Gasteiger charge is 2.21. The smallest absolute Gasteiger partial charge is 0.234 e. The maximum Gasteiger partial charge on any atom is 0.234 e. The maximum atomic E-state index is 13.8. The van der Waals surface area contributed by atoms with E-state index in [1.54, 1.807) is 30.8 Å². The van der Waals surface area contributed by atoms with E-state index in [4.69, 9.17) is 4.74 Å². The molecule has 2 heterocycles. The van der Waals surface area contributed by atoms with E-state index >= 15 is 0 Å². The van der Waals surface area contributed by atoms with E-state index in [-0.39, 0.29) is 17.5 Å². The Kier molecular flexibility index (Phi) is 6.97.